The van der Waals surface area contributed by atoms with Crippen LogP contribution in [0.5, 0.6) is 0 Å². The van der Waals surface area contributed by atoms with E-state index in [-0.39, 0.29) is 69.6 Å². The topological polar surface area (TPSA) is 370 Å². The largest absolute Gasteiger partial charge is 0.480 e. The van der Waals surface area contributed by atoms with Gasteiger partial charge in [-0.15, -0.1) is 0 Å². The number of carboxylic acids is 1. The van der Waals surface area contributed by atoms with Gasteiger partial charge in [0.15, 0.2) is 17.9 Å². The average Bonchev–Trinajstić information content (AvgIpc) is 2.92. The summed E-state index contributed by atoms with van der Waals surface area (Å²) in [6, 6.07) is -4.43. The van der Waals surface area contributed by atoms with Gasteiger partial charge in [0.25, 0.3) is 0 Å². The van der Waals surface area contributed by atoms with Crippen molar-refractivity contribution < 1.29 is 24.3 Å². The molecule has 0 bridgehead atoms. The minimum atomic E-state index is -1.23. The number of aliphatic carboxylic acids is 1. The molecule has 0 aromatic carbocycles. The number of carbonyl (C=O) groups excluding carboxylic acids is 3. The van der Waals surface area contributed by atoms with E-state index in [0.29, 0.717) is 32.2 Å². The maximum absolute atomic E-state index is 13.4. The molecule has 0 saturated carbocycles. The van der Waals surface area contributed by atoms with Crippen LogP contribution in [-0.2, 0) is 19.2 Å². The Morgan fingerprint density at radius 1 is 0.558 bits per heavy atom. The summed E-state index contributed by atoms with van der Waals surface area (Å²) < 4.78 is 0. The molecule has 4 atom stereocenters. The van der Waals surface area contributed by atoms with Gasteiger partial charge in [0, 0.05) is 19.6 Å². The monoisotopic (exact) mass is 614 g/mol. The SMILES string of the molecule is NCCCC[C@@H](NC(=O)[C@H](CCCN=C(N)N)NC(=O)[C@H](CCCN=C(N)N)NC(=O)[C@@H](N)CCCN=C(N)N)C(=O)O. The van der Waals surface area contributed by atoms with Crippen molar-refractivity contribution in [1.29, 1.82) is 0 Å². The summed E-state index contributed by atoms with van der Waals surface area (Å²) in [5.41, 5.74) is 43.5. The molecule has 246 valence electrons. The molecule has 0 rings (SSSR count). The van der Waals surface area contributed by atoms with Crippen LogP contribution in [0.4, 0.5) is 0 Å². The lowest BCUT2D eigenvalue weighted by Crippen LogP contribution is -2.57. The minimum absolute atomic E-state index is 0.0719. The van der Waals surface area contributed by atoms with E-state index in [9.17, 15) is 24.3 Å². The van der Waals surface area contributed by atoms with E-state index in [0.717, 1.165) is 0 Å². The molecule has 0 fully saturated rings. The van der Waals surface area contributed by atoms with E-state index in [1.807, 2.05) is 0 Å². The highest BCUT2D eigenvalue weighted by Gasteiger charge is 2.30. The number of nitrogens with zero attached hydrogens (tertiary/aromatic N) is 3. The van der Waals surface area contributed by atoms with Crippen molar-refractivity contribution in [3.05, 3.63) is 0 Å². The highest BCUT2D eigenvalue weighted by Crippen LogP contribution is 2.07. The van der Waals surface area contributed by atoms with Crippen LogP contribution in [-0.4, -0.2) is 97.0 Å². The fourth-order valence-corrected chi connectivity index (χ4v) is 3.77. The third kappa shape index (κ3) is 19.4. The van der Waals surface area contributed by atoms with Gasteiger partial charge in [-0.1, -0.05) is 0 Å². The van der Waals surface area contributed by atoms with E-state index >= 15 is 0 Å². The Kier molecular flexibility index (Phi) is 20.0. The summed E-state index contributed by atoms with van der Waals surface area (Å²) in [5.74, 6) is -3.61. The van der Waals surface area contributed by atoms with Crippen molar-refractivity contribution >= 4 is 41.6 Å². The molecule has 0 unspecified atom stereocenters. The number of guanidine groups is 3. The first kappa shape index (κ1) is 38.6. The highest BCUT2D eigenvalue weighted by molar-refractivity contribution is 5.94. The molecule has 0 aromatic rings. The zero-order valence-corrected chi connectivity index (χ0v) is 24.5. The third-order valence-corrected chi connectivity index (χ3v) is 6.02. The smallest absolute Gasteiger partial charge is 0.326 e. The van der Waals surface area contributed by atoms with Gasteiger partial charge in [-0.05, 0) is 64.3 Å². The minimum Gasteiger partial charge on any atom is -0.480 e. The van der Waals surface area contributed by atoms with E-state index in [1.54, 1.807) is 0 Å². The first-order chi connectivity index (χ1) is 20.3. The van der Waals surface area contributed by atoms with Crippen molar-refractivity contribution in [1.82, 2.24) is 16.0 Å². The van der Waals surface area contributed by atoms with E-state index < -0.39 is 47.9 Å². The number of aliphatic imine (C=N–C) groups is 3. The second kappa shape index (κ2) is 22.2. The number of unbranched alkanes of at least 4 members (excludes halogenated alkanes) is 1. The zero-order chi connectivity index (χ0) is 32.8. The zero-order valence-electron chi connectivity index (χ0n) is 24.5. The number of hydrogen-bond acceptors (Lipinski definition) is 9. The van der Waals surface area contributed by atoms with Crippen LogP contribution in [0.3, 0.4) is 0 Å². The predicted molar refractivity (Wildman–Crippen MR) is 164 cm³/mol. The van der Waals surface area contributed by atoms with Crippen molar-refractivity contribution in [2.24, 2.45) is 60.8 Å². The lowest BCUT2D eigenvalue weighted by atomic mass is 10.0. The van der Waals surface area contributed by atoms with Gasteiger partial charge >= 0.3 is 5.97 Å². The molecule has 19 nitrogen and oxygen atoms in total. The van der Waals surface area contributed by atoms with E-state index in [2.05, 4.69) is 30.9 Å². The molecule has 0 aliphatic heterocycles. The Labute approximate surface area is 251 Å². The molecule has 3 amide bonds. The molecule has 0 spiro atoms. The maximum atomic E-state index is 13.4. The molecule has 0 aliphatic rings. The molecule has 0 aliphatic carbocycles. The number of rotatable bonds is 23. The van der Waals surface area contributed by atoms with Gasteiger partial charge in [-0.3, -0.25) is 29.4 Å². The normalized spacial score (nSPS) is 13.3. The van der Waals surface area contributed by atoms with Gasteiger partial charge in [0.05, 0.1) is 6.04 Å². The lowest BCUT2D eigenvalue weighted by molar-refractivity contribution is -0.142. The quantitative estimate of drug-likeness (QED) is 0.0292. The predicted octanol–water partition coefficient (Wildman–Crippen LogP) is -4.86. The number of nitrogens with two attached hydrogens (primary N) is 8. The standard InChI is InChI=1S/C24H50N14O5/c25-10-2-1-7-17(21(42)43)38-20(41)16(9-5-13-35-24(31)32)37-19(40)15(8-4-12-34-23(29)30)36-18(39)14(26)6-3-11-33-22(27)28/h14-17H,1-13,25-26H2,(H,36,39)(H,37,40)(H,38,41)(H,42,43)(H4,27,28,33)(H4,29,30,34)(H4,31,32,35)/t14-,15-,16-,17+/m0/s1. The maximum Gasteiger partial charge on any atom is 0.326 e. The number of amides is 3. The van der Waals surface area contributed by atoms with Gasteiger partial charge in [-0.2, -0.15) is 0 Å². The Morgan fingerprint density at radius 3 is 1.33 bits per heavy atom. The van der Waals surface area contributed by atoms with Crippen LogP contribution >= 0.6 is 0 Å². The number of hydrogen-bond donors (Lipinski definition) is 12. The summed E-state index contributed by atoms with van der Waals surface area (Å²) in [6.45, 7) is 0.984. The van der Waals surface area contributed by atoms with Gasteiger partial charge in [0.2, 0.25) is 17.7 Å². The second-order valence-electron chi connectivity index (χ2n) is 9.76. The highest BCUT2D eigenvalue weighted by atomic mass is 16.4. The summed E-state index contributed by atoms with van der Waals surface area (Å²) in [4.78, 5) is 62.7. The molecule has 20 N–H and O–H groups in total. The summed E-state index contributed by atoms with van der Waals surface area (Å²) in [5, 5.41) is 17.3. The summed E-state index contributed by atoms with van der Waals surface area (Å²) in [6.07, 6.45) is 2.63. The molecular formula is C24H50N14O5. The summed E-state index contributed by atoms with van der Waals surface area (Å²) in [7, 11) is 0. The Hall–Kier alpha value is -4.39. The molecule has 43 heavy (non-hydrogen) atoms. The number of carboxylic acid groups (broad SMARTS) is 1. The molecule has 19 heteroatoms. The number of carbonyl (C=O) groups is 4. The Balaban J connectivity index is 5.73. The molecule has 0 saturated heterocycles. The first-order valence-electron chi connectivity index (χ1n) is 14.0. The van der Waals surface area contributed by atoms with Crippen molar-refractivity contribution in [2.75, 3.05) is 26.2 Å². The first-order valence-corrected chi connectivity index (χ1v) is 14.0. The lowest BCUT2D eigenvalue weighted by Gasteiger charge is -2.25. The van der Waals surface area contributed by atoms with Gasteiger partial charge in [0.1, 0.15) is 18.1 Å². The Bertz CT molecular complexity index is 962. The third-order valence-electron chi connectivity index (χ3n) is 6.02. The van der Waals surface area contributed by atoms with Crippen LogP contribution in [0.1, 0.15) is 57.8 Å². The van der Waals surface area contributed by atoms with Crippen LogP contribution in [0.2, 0.25) is 0 Å². The van der Waals surface area contributed by atoms with Crippen LogP contribution in [0.25, 0.3) is 0 Å². The summed E-state index contributed by atoms with van der Waals surface area (Å²) >= 11 is 0. The van der Waals surface area contributed by atoms with Crippen LogP contribution < -0.4 is 61.8 Å². The molecular weight excluding hydrogens is 564 g/mol. The van der Waals surface area contributed by atoms with Gasteiger partial charge < -0.3 is 66.9 Å². The van der Waals surface area contributed by atoms with Crippen LogP contribution in [0.15, 0.2) is 15.0 Å². The average molecular weight is 615 g/mol. The van der Waals surface area contributed by atoms with Gasteiger partial charge in [-0.25, -0.2) is 4.79 Å². The molecule has 0 radical (unpaired) electrons. The van der Waals surface area contributed by atoms with E-state index in [1.165, 1.54) is 0 Å². The number of nitrogens with one attached hydrogen (secondary N) is 3. The van der Waals surface area contributed by atoms with E-state index in [4.69, 9.17) is 45.9 Å². The molecule has 0 aromatic heterocycles. The van der Waals surface area contributed by atoms with Crippen molar-refractivity contribution in [2.45, 2.75) is 82.0 Å². The fourth-order valence-electron chi connectivity index (χ4n) is 3.77. The fraction of sp³-hybridized carbons (Fsp3) is 0.708. The van der Waals surface area contributed by atoms with Crippen molar-refractivity contribution in [3.63, 3.8) is 0 Å². The van der Waals surface area contributed by atoms with Crippen molar-refractivity contribution in [3.8, 4) is 0 Å². The van der Waals surface area contributed by atoms with Crippen LogP contribution in [0, 0.1) is 0 Å². The Morgan fingerprint density at radius 2 is 0.930 bits per heavy atom. The second-order valence-corrected chi connectivity index (χ2v) is 9.76. The molecule has 0 heterocycles.